The standard InChI is InChI=1S/C9H15N3O2S/c1-10-15(13,14)9-7-5-4-6-8(9)11-12(2)3/h4-7,10-11H,1-3H3. The number of rotatable bonds is 4. The van der Waals surface area contributed by atoms with Crippen molar-refractivity contribution in [3.8, 4) is 0 Å². The second-order valence-electron chi connectivity index (χ2n) is 3.21. The van der Waals surface area contributed by atoms with Gasteiger partial charge in [0.25, 0.3) is 0 Å². The molecule has 2 N–H and O–H groups in total. The molecule has 0 aliphatic carbocycles. The van der Waals surface area contributed by atoms with Crippen molar-refractivity contribution >= 4 is 15.7 Å². The van der Waals surface area contributed by atoms with Crippen molar-refractivity contribution in [1.82, 2.24) is 9.73 Å². The first-order valence-corrected chi connectivity index (χ1v) is 5.92. The third kappa shape index (κ3) is 2.92. The Bertz CT molecular complexity index is 429. The predicted molar refractivity (Wildman–Crippen MR) is 60.0 cm³/mol. The van der Waals surface area contributed by atoms with Crippen molar-refractivity contribution in [3.05, 3.63) is 24.3 Å². The second kappa shape index (κ2) is 4.61. The van der Waals surface area contributed by atoms with Gasteiger partial charge in [0.2, 0.25) is 10.0 Å². The lowest BCUT2D eigenvalue weighted by molar-refractivity contribution is 0.493. The van der Waals surface area contributed by atoms with Crippen LogP contribution >= 0.6 is 0 Å². The summed E-state index contributed by atoms with van der Waals surface area (Å²) in [4.78, 5) is 0.237. The topological polar surface area (TPSA) is 61.4 Å². The minimum atomic E-state index is -3.41. The SMILES string of the molecule is CNS(=O)(=O)c1ccccc1NN(C)C. The molecule has 0 amide bonds. The van der Waals surface area contributed by atoms with E-state index in [1.165, 1.54) is 7.05 Å². The summed E-state index contributed by atoms with van der Waals surface area (Å²) in [7, 11) is 1.57. The molecule has 0 radical (unpaired) electrons. The number of hydrazine groups is 1. The molecule has 0 saturated carbocycles. The average Bonchev–Trinajstić information content (AvgIpc) is 2.17. The highest BCUT2D eigenvalue weighted by molar-refractivity contribution is 7.89. The lowest BCUT2D eigenvalue weighted by Gasteiger charge is -2.16. The molecular weight excluding hydrogens is 214 g/mol. The summed E-state index contributed by atoms with van der Waals surface area (Å²) in [6, 6.07) is 6.73. The molecule has 0 bridgehead atoms. The molecule has 0 aromatic heterocycles. The Labute approximate surface area is 90.1 Å². The number of benzene rings is 1. The molecule has 6 heteroatoms. The van der Waals surface area contributed by atoms with E-state index in [0.717, 1.165) is 0 Å². The van der Waals surface area contributed by atoms with Crippen LogP contribution in [0.4, 0.5) is 5.69 Å². The molecule has 0 heterocycles. The van der Waals surface area contributed by atoms with Gasteiger partial charge in [-0.1, -0.05) is 12.1 Å². The molecule has 0 fully saturated rings. The predicted octanol–water partition coefficient (Wildman–Crippen LogP) is 0.483. The normalized spacial score (nSPS) is 11.7. The fraction of sp³-hybridized carbons (Fsp3) is 0.333. The number of para-hydroxylation sites is 1. The molecule has 0 aliphatic rings. The highest BCUT2D eigenvalue weighted by atomic mass is 32.2. The van der Waals surface area contributed by atoms with Gasteiger partial charge in [0.1, 0.15) is 4.90 Å². The third-order valence-electron chi connectivity index (χ3n) is 1.79. The summed E-state index contributed by atoms with van der Waals surface area (Å²) in [6.45, 7) is 0. The summed E-state index contributed by atoms with van der Waals surface area (Å²) in [5.41, 5.74) is 3.48. The van der Waals surface area contributed by atoms with Gasteiger partial charge < -0.3 is 5.43 Å². The van der Waals surface area contributed by atoms with E-state index in [9.17, 15) is 8.42 Å². The fourth-order valence-electron chi connectivity index (χ4n) is 1.14. The van der Waals surface area contributed by atoms with Crippen LogP contribution in [0.25, 0.3) is 0 Å². The minimum absolute atomic E-state index is 0.237. The van der Waals surface area contributed by atoms with E-state index in [0.29, 0.717) is 5.69 Å². The lowest BCUT2D eigenvalue weighted by Crippen LogP contribution is -2.24. The lowest BCUT2D eigenvalue weighted by atomic mass is 10.3. The molecule has 1 aromatic rings. The highest BCUT2D eigenvalue weighted by Crippen LogP contribution is 2.20. The molecule has 0 atom stereocenters. The Morgan fingerprint density at radius 2 is 1.80 bits per heavy atom. The number of nitrogens with one attached hydrogen (secondary N) is 2. The molecule has 0 aliphatic heterocycles. The van der Waals surface area contributed by atoms with Gasteiger partial charge in [-0.3, -0.25) is 0 Å². The van der Waals surface area contributed by atoms with Crippen LogP contribution in [-0.4, -0.2) is 34.6 Å². The molecule has 15 heavy (non-hydrogen) atoms. The first-order valence-electron chi connectivity index (χ1n) is 4.44. The number of hydrogen-bond acceptors (Lipinski definition) is 4. The van der Waals surface area contributed by atoms with E-state index in [1.807, 2.05) is 0 Å². The maximum absolute atomic E-state index is 11.6. The molecule has 84 valence electrons. The van der Waals surface area contributed by atoms with Crippen molar-refractivity contribution in [2.24, 2.45) is 0 Å². The van der Waals surface area contributed by atoms with E-state index >= 15 is 0 Å². The maximum atomic E-state index is 11.6. The van der Waals surface area contributed by atoms with Gasteiger partial charge in [-0.05, 0) is 19.2 Å². The maximum Gasteiger partial charge on any atom is 0.242 e. The number of nitrogens with zero attached hydrogens (tertiary/aromatic N) is 1. The van der Waals surface area contributed by atoms with Crippen LogP contribution in [-0.2, 0) is 10.0 Å². The zero-order valence-corrected chi connectivity index (χ0v) is 9.80. The van der Waals surface area contributed by atoms with Crippen LogP contribution < -0.4 is 10.1 Å². The molecule has 0 spiro atoms. The summed E-state index contributed by atoms with van der Waals surface area (Å²) >= 11 is 0. The second-order valence-corrected chi connectivity index (χ2v) is 5.06. The van der Waals surface area contributed by atoms with E-state index in [2.05, 4.69) is 10.1 Å². The summed E-state index contributed by atoms with van der Waals surface area (Å²) in [5, 5.41) is 1.68. The Balaban J connectivity index is 3.18. The zero-order valence-electron chi connectivity index (χ0n) is 8.98. The smallest absolute Gasteiger partial charge is 0.242 e. The largest absolute Gasteiger partial charge is 0.318 e. The summed E-state index contributed by atoms with van der Waals surface area (Å²) < 4.78 is 25.6. The van der Waals surface area contributed by atoms with Crippen molar-refractivity contribution < 1.29 is 8.42 Å². The van der Waals surface area contributed by atoms with Gasteiger partial charge in [0.15, 0.2) is 0 Å². The van der Waals surface area contributed by atoms with Crippen LogP contribution in [0, 0.1) is 0 Å². The molecule has 0 unspecified atom stereocenters. The van der Waals surface area contributed by atoms with Crippen molar-refractivity contribution in [2.75, 3.05) is 26.6 Å². The minimum Gasteiger partial charge on any atom is -0.318 e. The Morgan fingerprint density at radius 3 is 2.33 bits per heavy atom. The quantitative estimate of drug-likeness (QED) is 0.737. The molecule has 1 rings (SSSR count). The van der Waals surface area contributed by atoms with Crippen molar-refractivity contribution in [3.63, 3.8) is 0 Å². The number of sulfonamides is 1. The zero-order chi connectivity index (χ0) is 11.5. The van der Waals surface area contributed by atoms with Gasteiger partial charge in [0, 0.05) is 14.1 Å². The van der Waals surface area contributed by atoms with Gasteiger partial charge in [0.05, 0.1) is 5.69 Å². The average molecular weight is 229 g/mol. The monoisotopic (exact) mass is 229 g/mol. The van der Waals surface area contributed by atoms with Crippen LogP contribution in [0.3, 0.4) is 0 Å². The molecular formula is C9H15N3O2S. The van der Waals surface area contributed by atoms with Gasteiger partial charge in [-0.25, -0.2) is 18.1 Å². The van der Waals surface area contributed by atoms with E-state index < -0.39 is 10.0 Å². The Kier molecular flexibility index (Phi) is 3.67. The Hall–Kier alpha value is -1.11. The molecule has 0 saturated heterocycles. The molecule has 5 nitrogen and oxygen atoms in total. The van der Waals surface area contributed by atoms with E-state index in [1.54, 1.807) is 43.4 Å². The Morgan fingerprint density at radius 1 is 1.20 bits per heavy atom. The van der Waals surface area contributed by atoms with Crippen molar-refractivity contribution in [1.29, 1.82) is 0 Å². The number of hydrogen-bond donors (Lipinski definition) is 2. The van der Waals surface area contributed by atoms with E-state index in [4.69, 9.17) is 0 Å². The molecule has 1 aromatic carbocycles. The van der Waals surface area contributed by atoms with Crippen molar-refractivity contribution in [2.45, 2.75) is 4.90 Å². The van der Waals surface area contributed by atoms with Crippen LogP contribution in [0.15, 0.2) is 29.2 Å². The van der Waals surface area contributed by atoms with Gasteiger partial charge >= 0.3 is 0 Å². The van der Waals surface area contributed by atoms with Gasteiger partial charge in [-0.2, -0.15) is 0 Å². The van der Waals surface area contributed by atoms with Crippen LogP contribution in [0.2, 0.25) is 0 Å². The fourth-order valence-corrected chi connectivity index (χ4v) is 2.03. The first kappa shape index (κ1) is 12.0. The summed E-state index contributed by atoms with van der Waals surface area (Å²) in [6.07, 6.45) is 0. The first-order chi connectivity index (χ1) is 6.97. The van der Waals surface area contributed by atoms with Crippen LogP contribution in [0.5, 0.6) is 0 Å². The summed E-state index contributed by atoms with van der Waals surface area (Å²) in [5.74, 6) is 0. The van der Waals surface area contributed by atoms with E-state index in [-0.39, 0.29) is 4.90 Å². The highest BCUT2D eigenvalue weighted by Gasteiger charge is 2.15. The van der Waals surface area contributed by atoms with Crippen LogP contribution in [0.1, 0.15) is 0 Å². The third-order valence-corrected chi connectivity index (χ3v) is 3.26. The number of anilines is 1. The van der Waals surface area contributed by atoms with Gasteiger partial charge in [-0.15, -0.1) is 0 Å².